The van der Waals surface area contributed by atoms with E-state index in [9.17, 15) is 4.79 Å². The zero-order valence-electron chi connectivity index (χ0n) is 15.3. The molecule has 0 spiro atoms. The molecule has 4 heteroatoms. The number of nitrogens with zero attached hydrogens (tertiary/aromatic N) is 1. The van der Waals surface area contributed by atoms with E-state index in [4.69, 9.17) is 4.74 Å². The molecule has 1 amide bonds. The Labute approximate surface area is 151 Å². The molecule has 2 saturated heterocycles. The standard InChI is InChI=1S/C20H33NO2S/c1-3-5-18-15(2)6-4-11-21(18)20(22)17-7-8-19(24-14-17)16-9-12-23-13-10-16/h14-16,18-19H,3-13H2,1-2H3. The third-order valence-electron chi connectivity index (χ3n) is 6.11. The molecule has 3 heterocycles. The lowest BCUT2D eigenvalue weighted by molar-refractivity contribution is -0.132. The molecule has 0 N–H and O–H groups in total. The summed E-state index contributed by atoms with van der Waals surface area (Å²) in [7, 11) is 0. The van der Waals surface area contributed by atoms with Gasteiger partial charge in [0, 0.05) is 36.6 Å². The Kier molecular flexibility index (Phi) is 6.68. The average Bonchev–Trinajstić information content (AvgIpc) is 2.64. The van der Waals surface area contributed by atoms with E-state index in [2.05, 4.69) is 24.2 Å². The van der Waals surface area contributed by atoms with Crippen LogP contribution in [0.3, 0.4) is 0 Å². The molecule has 0 aromatic rings. The van der Waals surface area contributed by atoms with Gasteiger partial charge in [0.05, 0.1) is 0 Å². The van der Waals surface area contributed by atoms with Crippen LogP contribution in [0.25, 0.3) is 0 Å². The van der Waals surface area contributed by atoms with E-state index in [0.717, 1.165) is 56.9 Å². The van der Waals surface area contributed by atoms with Gasteiger partial charge in [0.25, 0.3) is 5.91 Å². The van der Waals surface area contributed by atoms with E-state index < -0.39 is 0 Å². The van der Waals surface area contributed by atoms with Crippen molar-refractivity contribution in [3.05, 3.63) is 11.0 Å². The minimum atomic E-state index is 0.331. The summed E-state index contributed by atoms with van der Waals surface area (Å²) in [6.07, 6.45) is 9.27. The monoisotopic (exact) mass is 351 g/mol. The fourth-order valence-corrected chi connectivity index (χ4v) is 5.91. The number of hydrogen-bond acceptors (Lipinski definition) is 3. The summed E-state index contributed by atoms with van der Waals surface area (Å²) < 4.78 is 5.49. The number of rotatable bonds is 4. The van der Waals surface area contributed by atoms with Crippen LogP contribution in [0.4, 0.5) is 0 Å². The van der Waals surface area contributed by atoms with Crippen LogP contribution >= 0.6 is 11.8 Å². The molecule has 3 atom stereocenters. The quantitative estimate of drug-likeness (QED) is 0.740. The highest BCUT2D eigenvalue weighted by atomic mass is 32.2. The second-order valence-electron chi connectivity index (χ2n) is 7.78. The van der Waals surface area contributed by atoms with Crippen LogP contribution in [-0.4, -0.2) is 41.9 Å². The van der Waals surface area contributed by atoms with Gasteiger partial charge in [-0.25, -0.2) is 0 Å². The van der Waals surface area contributed by atoms with Crippen molar-refractivity contribution >= 4 is 17.7 Å². The summed E-state index contributed by atoms with van der Waals surface area (Å²) in [6, 6.07) is 0.454. The van der Waals surface area contributed by atoms with Crippen molar-refractivity contribution in [1.82, 2.24) is 4.90 Å². The van der Waals surface area contributed by atoms with E-state index in [1.807, 2.05) is 11.8 Å². The summed E-state index contributed by atoms with van der Waals surface area (Å²) in [6.45, 7) is 7.35. The van der Waals surface area contributed by atoms with Crippen LogP contribution in [0.2, 0.25) is 0 Å². The van der Waals surface area contributed by atoms with Gasteiger partial charge < -0.3 is 9.64 Å². The minimum absolute atomic E-state index is 0.331. The maximum Gasteiger partial charge on any atom is 0.250 e. The van der Waals surface area contributed by atoms with Crippen LogP contribution in [0.1, 0.15) is 65.2 Å². The highest BCUT2D eigenvalue weighted by molar-refractivity contribution is 8.02. The lowest BCUT2D eigenvalue weighted by Crippen LogP contribution is -2.48. The van der Waals surface area contributed by atoms with Crippen molar-refractivity contribution in [2.45, 2.75) is 76.5 Å². The number of thioether (sulfide) groups is 1. The van der Waals surface area contributed by atoms with Gasteiger partial charge in [-0.1, -0.05) is 20.3 Å². The average molecular weight is 352 g/mol. The van der Waals surface area contributed by atoms with Crippen molar-refractivity contribution in [3.63, 3.8) is 0 Å². The third kappa shape index (κ3) is 4.19. The molecular formula is C20H33NO2S. The lowest BCUT2D eigenvalue weighted by Gasteiger charge is -2.41. The van der Waals surface area contributed by atoms with Gasteiger partial charge in [-0.2, -0.15) is 0 Å². The van der Waals surface area contributed by atoms with Crippen molar-refractivity contribution in [3.8, 4) is 0 Å². The van der Waals surface area contributed by atoms with Crippen LogP contribution in [0.15, 0.2) is 11.0 Å². The maximum atomic E-state index is 13.1. The molecule has 0 aliphatic carbocycles. The minimum Gasteiger partial charge on any atom is -0.381 e. The topological polar surface area (TPSA) is 29.5 Å². The second kappa shape index (κ2) is 8.75. The van der Waals surface area contributed by atoms with Gasteiger partial charge in [0.15, 0.2) is 0 Å². The van der Waals surface area contributed by atoms with E-state index in [1.54, 1.807) is 0 Å². The first kappa shape index (κ1) is 18.3. The van der Waals surface area contributed by atoms with Crippen molar-refractivity contribution in [2.24, 2.45) is 11.8 Å². The smallest absolute Gasteiger partial charge is 0.250 e. The van der Waals surface area contributed by atoms with Crippen LogP contribution in [0, 0.1) is 11.8 Å². The first-order valence-electron chi connectivity index (χ1n) is 9.94. The fourth-order valence-electron chi connectivity index (χ4n) is 4.61. The Morgan fingerprint density at radius 3 is 2.75 bits per heavy atom. The molecule has 3 nitrogen and oxygen atoms in total. The number of hydrogen-bond donors (Lipinski definition) is 0. The summed E-state index contributed by atoms with van der Waals surface area (Å²) in [4.78, 5) is 15.3. The molecule has 0 saturated carbocycles. The molecule has 3 aliphatic heterocycles. The SMILES string of the molecule is CCCC1C(C)CCCN1C(=O)C1=CSC(C2CCOCC2)CC1. The third-order valence-corrected chi connectivity index (χ3v) is 7.50. The van der Waals surface area contributed by atoms with Gasteiger partial charge in [-0.15, -0.1) is 11.8 Å². The molecule has 3 unspecified atom stereocenters. The molecule has 3 aliphatic rings. The molecule has 2 fully saturated rings. The Hall–Kier alpha value is -0.480. The number of likely N-dealkylation sites (tertiary alicyclic amines) is 1. The Balaban J connectivity index is 1.61. The highest BCUT2D eigenvalue weighted by Gasteiger charge is 2.34. The highest BCUT2D eigenvalue weighted by Crippen LogP contribution is 2.38. The Morgan fingerprint density at radius 2 is 2.08 bits per heavy atom. The molecule has 136 valence electrons. The van der Waals surface area contributed by atoms with Gasteiger partial charge in [0.1, 0.15) is 0 Å². The van der Waals surface area contributed by atoms with E-state index >= 15 is 0 Å². The van der Waals surface area contributed by atoms with Gasteiger partial charge >= 0.3 is 0 Å². The zero-order chi connectivity index (χ0) is 16.9. The number of amides is 1. The zero-order valence-corrected chi connectivity index (χ0v) is 16.2. The molecule has 0 aromatic heterocycles. The van der Waals surface area contributed by atoms with Gasteiger partial charge in [0.2, 0.25) is 0 Å². The second-order valence-corrected chi connectivity index (χ2v) is 8.89. The van der Waals surface area contributed by atoms with E-state index in [1.165, 1.54) is 25.7 Å². The lowest BCUT2D eigenvalue weighted by atomic mass is 9.87. The van der Waals surface area contributed by atoms with Crippen LogP contribution in [-0.2, 0) is 9.53 Å². The number of carbonyl (C=O) groups is 1. The van der Waals surface area contributed by atoms with E-state index in [0.29, 0.717) is 23.1 Å². The Morgan fingerprint density at radius 1 is 1.29 bits per heavy atom. The van der Waals surface area contributed by atoms with Crippen molar-refractivity contribution in [2.75, 3.05) is 19.8 Å². The number of carbonyl (C=O) groups excluding carboxylic acids is 1. The van der Waals surface area contributed by atoms with E-state index in [-0.39, 0.29) is 0 Å². The van der Waals surface area contributed by atoms with Gasteiger partial charge in [-0.05, 0) is 62.2 Å². The normalized spacial score (nSPS) is 32.5. The molecule has 0 radical (unpaired) electrons. The van der Waals surface area contributed by atoms with Gasteiger partial charge in [-0.3, -0.25) is 4.79 Å². The van der Waals surface area contributed by atoms with Crippen molar-refractivity contribution in [1.29, 1.82) is 0 Å². The van der Waals surface area contributed by atoms with Crippen LogP contribution < -0.4 is 0 Å². The first-order valence-corrected chi connectivity index (χ1v) is 10.9. The van der Waals surface area contributed by atoms with Crippen molar-refractivity contribution < 1.29 is 9.53 Å². The maximum absolute atomic E-state index is 13.1. The number of piperidine rings is 1. The molecular weight excluding hydrogens is 318 g/mol. The largest absolute Gasteiger partial charge is 0.381 e. The molecule has 0 bridgehead atoms. The molecule has 24 heavy (non-hydrogen) atoms. The predicted molar refractivity (Wildman–Crippen MR) is 101 cm³/mol. The van der Waals surface area contributed by atoms with Crippen LogP contribution in [0.5, 0.6) is 0 Å². The summed E-state index contributed by atoms with van der Waals surface area (Å²) >= 11 is 1.92. The fraction of sp³-hybridized carbons (Fsp3) is 0.850. The number of ether oxygens (including phenoxy) is 1. The predicted octanol–water partition coefficient (Wildman–Crippen LogP) is 4.62. The summed E-state index contributed by atoms with van der Waals surface area (Å²) in [5.41, 5.74) is 1.07. The Bertz CT molecular complexity index is 459. The summed E-state index contributed by atoms with van der Waals surface area (Å²) in [5, 5.41) is 2.89. The molecule has 0 aromatic carbocycles. The first-order chi connectivity index (χ1) is 11.7. The summed E-state index contributed by atoms with van der Waals surface area (Å²) in [5.74, 6) is 1.76. The molecule has 3 rings (SSSR count).